The van der Waals surface area contributed by atoms with E-state index in [0.29, 0.717) is 12.4 Å². The Hall–Kier alpha value is -1.16. The summed E-state index contributed by atoms with van der Waals surface area (Å²) in [5, 5.41) is 0. The number of carbonyl (C=O) groups excluding carboxylic acids is 1. The van der Waals surface area contributed by atoms with Crippen LogP contribution in [0.15, 0.2) is 29.2 Å². The highest BCUT2D eigenvalue weighted by molar-refractivity contribution is 8.00. The van der Waals surface area contributed by atoms with Crippen LogP contribution in [0.25, 0.3) is 0 Å². The van der Waals surface area contributed by atoms with Crippen molar-refractivity contribution >= 4 is 17.7 Å². The minimum Gasteiger partial charge on any atom is -0.497 e. The first-order valence-corrected chi connectivity index (χ1v) is 6.67. The number of benzene rings is 1. The molecule has 0 spiro atoms. The van der Waals surface area contributed by atoms with Crippen LogP contribution in [0.2, 0.25) is 0 Å². The highest BCUT2D eigenvalue weighted by atomic mass is 32.2. The smallest absolute Gasteiger partial charge is 0.316 e. The van der Waals surface area contributed by atoms with Crippen LogP contribution in [0.5, 0.6) is 5.75 Å². The van der Waals surface area contributed by atoms with Gasteiger partial charge in [0.05, 0.1) is 19.5 Å². The number of ether oxygens (including phenoxy) is 2. The van der Waals surface area contributed by atoms with Crippen molar-refractivity contribution in [1.82, 2.24) is 0 Å². The van der Waals surface area contributed by atoms with E-state index >= 15 is 0 Å². The van der Waals surface area contributed by atoms with Gasteiger partial charge in [-0.05, 0) is 24.6 Å². The molecule has 1 aromatic rings. The molecule has 0 aliphatic rings. The van der Waals surface area contributed by atoms with Crippen LogP contribution in [0.3, 0.4) is 0 Å². The van der Waals surface area contributed by atoms with E-state index < -0.39 is 0 Å². The lowest BCUT2D eigenvalue weighted by atomic mass is 10.3. The van der Waals surface area contributed by atoms with Gasteiger partial charge in [-0.25, -0.2) is 0 Å². The molecule has 4 heteroatoms. The molecule has 0 atom stereocenters. The highest BCUT2D eigenvalue weighted by Crippen LogP contribution is 2.22. The lowest BCUT2D eigenvalue weighted by molar-refractivity contribution is -0.140. The van der Waals surface area contributed by atoms with Gasteiger partial charge >= 0.3 is 5.97 Å². The summed E-state index contributed by atoms with van der Waals surface area (Å²) in [6.07, 6.45) is 1.96. The van der Waals surface area contributed by atoms with Crippen LogP contribution in [0, 0.1) is 0 Å². The van der Waals surface area contributed by atoms with Gasteiger partial charge < -0.3 is 9.47 Å². The maximum Gasteiger partial charge on any atom is 0.316 e. The van der Waals surface area contributed by atoms with Crippen LogP contribution in [-0.2, 0) is 9.53 Å². The van der Waals surface area contributed by atoms with Gasteiger partial charge in [0.15, 0.2) is 0 Å². The summed E-state index contributed by atoms with van der Waals surface area (Å²) in [6.45, 7) is 2.59. The van der Waals surface area contributed by atoms with E-state index in [2.05, 4.69) is 6.92 Å². The van der Waals surface area contributed by atoms with Gasteiger partial charge in [0.2, 0.25) is 0 Å². The van der Waals surface area contributed by atoms with Crippen molar-refractivity contribution in [2.45, 2.75) is 24.7 Å². The van der Waals surface area contributed by atoms with Crippen LogP contribution in [-0.4, -0.2) is 25.4 Å². The number of methoxy groups -OCH3 is 1. The quantitative estimate of drug-likeness (QED) is 0.425. The fraction of sp³-hybridized carbons (Fsp3) is 0.462. The van der Waals surface area contributed by atoms with Crippen molar-refractivity contribution in [2.24, 2.45) is 0 Å². The van der Waals surface area contributed by atoms with E-state index in [4.69, 9.17) is 9.47 Å². The number of esters is 1. The molecular formula is C13H18O3S. The molecule has 1 rings (SSSR count). The standard InChI is InChI=1S/C13H18O3S/c1-3-4-8-16-13(14)10-17-12-7-5-6-11(9-12)15-2/h5-7,9H,3-4,8,10H2,1-2H3. The summed E-state index contributed by atoms with van der Waals surface area (Å²) in [7, 11) is 1.63. The Morgan fingerprint density at radius 1 is 1.41 bits per heavy atom. The van der Waals surface area contributed by atoms with Crippen LogP contribution < -0.4 is 4.74 Å². The molecule has 0 heterocycles. The van der Waals surface area contributed by atoms with E-state index in [9.17, 15) is 4.79 Å². The SMILES string of the molecule is CCCCOC(=O)CSc1cccc(OC)c1. The topological polar surface area (TPSA) is 35.5 Å². The fourth-order valence-electron chi connectivity index (χ4n) is 1.21. The zero-order valence-corrected chi connectivity index (χ0v) is 11.1. The molecule has 0 unspecified atom stereocenters. The van der Waals surface area contributed by atoms with Gasteiger partial charge in [-0.15, -0.1) is 11.8 Å². The number of hydrogen-bond donors (Lipinski definition) is 0. The van der Waals surface area contributed by atoms with Gasteiger partial charge in [0.1, 0.15) is 5.75 Å². The zero-order valence-electron chi connectivity index (χ0n) is 10.3. The fourth-order valence-corrected chi connectivity index (χ4v) is 1.95. The number of unbranched alkanes of at least 4 members (excludes halogenated alkanes) is 1. The molecule has 0 N–H and O–H groups in total. The number of carbonyl (C=O) groups is 1. The summed E-state index contributed by atoms with van der Waals surface area (Å²) < 4.78 is 10.2. The maximum absolute atomic E-state index is 11.4. The maximum atomic E-state index is 11.4. The third-order valence-corrected chi connectivity index (χ3v) is 3.13. The number of rotatable bonds is 7. The first-order chi connectivity index (χ1) is 8.26. The Balaban J connectivity index is 2.31. The van der Waals surface area contributed by atoms with Crippen molar-refractivity contribution in [2.75, 3.05) is 19.5 Å². The second-order valence-electron chi connectivity index (χ2n) is 3.54. The van der Waals surface area contributed by atoms with Gasteiger partial charge in [0, 0.05) is 4.90 Å². The molecule has 0 saturated heterocycles. The Bertz CT molecular complexity index is 352. The van der Waals surface area contributed by atoms with E-state index in [1.165, 1.54) is 11.8 Å². The lowest BCUT2D eigenvalue weighted by Gasteiger charge is -2.05. The average Bonchev–Trinajstić information content (AvgIpc) is 2.37. The predicted molar refractivity (Wildman–Crippen MR) is 69.6 cm³/mol. The van der Waals surface area contributed by atoms with Gasteiger partial charge in [-0.2, -0.15) is 0 Å². The normalized spacial score (nSPS) is 10.0. The van der Waals surface area contributed by atoms with Crippen molar-refractivity contribution in [1.29, 1.82) is 0 Å². The zero-order chi connectivity index (χ0) is 12.5. The monoisotopic (exact) mass is 254 g/mol. The molecule has 0 saturated carbocycles. The molecule has 0 radical (unpaired) electrons. The molecule has 0 amide bonds. The highest BCUT2D eigenvalue weighted by Gasteiger charge is 2.04. The Kier molecular flexibility index (Phi) is 6.55. The molecule has 0 aromatic heterocycles. The minimum absolute atomic E-state index is 0.161. The second kappa shape index (κ2) is 8.01. The molecule has 0 fully saturated rings. The van der Waals surface area contributed by atoms with Crippen molar-refractivity contribution in [3.8, 4) is 5.75 Å². The van der Waals surface area contributed by atoms with Gasteiger partial charge in [0.25, 0.3) is 0 Å². The van der Waals surface area contributed by atoms with E-state index in [0.717, 1.165) is 23.5 Å². The first-order valence-electron chi connectivity index (χ1n) is 5.68. The van der Waals surface area contributed by atoms with E-state index in [1.807, 2.05) is 24.3 Å². The number of thioether (sulfide) groups is 1. The first kappa shape index (κ1) is 13.9. The molecule has 94 valence electrons. The van der Waals surface area contributed by atoms with Crippen molar-refractivity contribution in [3.63, 3.8) is 0 Å². The Labute approximate surface area is 106 Å². The molecule has 17 heavy (non-hydrogen) atoms. The largest absolute Gasteiger partial charge is 0.497 e. The molecule has 1 aromatic carbocycles. The Morgan fingerprint density at radius 2 is 2.24 bits per heavy atom. The summed E-state index contributed by atoms with van der Waals surface area (Å²) in [6, 6.07) is 7.64. The predicted octanol–water partition coefficient (Wildman–Crippen LogP) is 3.13. The summed E-state index contributed by atoms with van der Waals surface area (Å²) in [4.78, 5) is 12.4. The van der Waals surface area contributed by atoms with Crippen LogP contribution in [0.1, 0.15) is 19.8 Å². The summed E-state index contributed by atoms with van der Waals surface area (Å²) in [5.74, 6) is 0.984. The third kappa shape index (κ3) is 5.63. The van der Waals surface area contributed by atoms with Crippen LogP contribution in [0.4, 0.5) is 0 Å². The van der Waals surface area contributed by atoms with Crippen molar-refractivity contribution in [3.05, 3.63) is 24.3 Å². The molecule has 3 nitrogen and oxygen atoms in total. The third-order valence-electron chi connectivity index (χ3n) is 2.16. The molecular weight excluding hydrogens is 236 g/mol. The Morgan fingerprint density at radius 3 is 2.94 bits per heavy atom. The summed E-state index contributed by atoms with van der Waals surface area (Å²) >= 11 is 1.46. The summed E-state index contributed by atoms with van der Waals surface area (Å²) in [5.41, 5.74) is 0. The minimum atomic E-state index is -0.161. The van der Waals surface area contributed by atoms with Gasteiger partial charge in [-0.1, -0.05) is 19.4 Å². The second-order valence-corrected chi connectivity index (χ2v) is 4.59. The molecule has 0 aliphatic heterocycles. The van der Waals surface area contributed by atoms with E-state index in [-0.39, 0.29) is 5.97 Å². The number of hydrogen-bond acceptors (Lipinski definition) is 4. The van der Waals surface area contributed by atoms with Gasteiger partial charge in [-0.3, -0.25) is 4.79 Å². The van der Waals surface area contributed by atoms with Crippen LogP contribution >= 0.6 is 11.8 Å². The van der Waals surface area contributed by atoms with E-state index in [1.54, 1.807) is 7.11 Å². The van der Waals surface area contributed by atoms with Crippen molar-refractivity contribution < 1.29 is 14.3 Å². The average molecular weight is 254 g/mol. The molecule has 0 bridgehead atoms. The molecule has 0 aliphatic carbocycles. The lowest BCUT2D eigenvalue weighted by Crippen LogP contribution is -2.08.